The van der Waals surface area contributed by atoms with Crippen LogP contribution in [0.25, 0.3) is 11.3 Å². The predicted molar refractivity (Wildman–Crippen MR) is 182 cm³/mol. The predicted octanol–water partition coefficient (Wildman–Crippen LogP) is 6.52. The van der Waals surface area contributed by atoms with Crippen molar-refractivity contribution in [2.75, 3.05) is 25.8 Å². The molecule has 47 heavy (non-hydrogen) atoms. The number of nitrogens with zero attached hydrogens (tertiary/aromatic N) is 5. The van der Waals surface area contributed by atoms with E-state index in [2.05, 4.69) is 20.7 Å². The van der Waals surface area contributed by atoms with Gasteiger partial charge in [0.2, 0.25) is 11.9 Å². The van der Waals surface area contributed by atoms with Crippen molar-refractivity contribution in [3.8, 4) is 11.3 Å². The van der Waals surface area contributed by atoms with E-state index in [4.69, 9.17) is 26.1 Å². The summed E-state index contributed by atoms with van der Waals surface area (Å²) in [6, 6.07) is 10.3. The minimum absolute atomic E-state index is 0.00679. The number of rotatable bonds is 17. The lowest BCUT2D eigenvalue weighted by atomic mass is 9.90. The van der Waals surface area contributed by atoms with E-state index >= 15 is 0 Å². The van der Waals surface area contributed by atoms with Gasteiger partial charge in [-0.2, -0.15) is 5.10 Å². The van der Waals surface area contributed by atoms with Crippen LogP contribution in [-0.2, 0) is 34.3 Å². The molecular formula is C35H48ClN7O4. The quantitative estimate of drug-likeness (QED) is 0.123. The minimum Gasteiger partial charge on any atom is -0.449 e. The summed E-state index contributed by atoms with van der Waals surface area (Å²) in [4.78, 5) is 36.3. The number of amides is 2. The Morgan fingerprint density at radius 2 is 1.79 bits per heavy atom. The molecule has 2 aliphatic rings. The van der Waals surface area contributed by atoms with E-state index in [1.807, 2.05) is 53.2 Å². The highest BCUT2D eigenvalue weighted by atomic mass is 35.5. The largest absolute Gasteiger partial charge is 0.449 e. The maximum absolute atomic E-state index is 13.4. The van der Waals surface area contributed by atoms with Crippen LogP contribution in [0.15, 0.2) is 42.7 Å². The van der Waals surface area contributed by atoms with Gasteiger partial charge < -0.3 is 25.0 Å². The van der Waals surface area contributed by atoms with Crippen LogP contribution < -0.4 is 10.6 Å². The van der Waals surface area contributed by atoms with Gasteiger partial charge >= 0.3 is 6.09 Å². The normalized spacial score (nSPS) is 17.7. The fourth-order valence-corrected chi connectivity index (χ4v) is 6.38. The summed E-state index contributed by atoms with van der Waals surface area (Å²) in [5, 5.41) is 11.2. The number of nitrogens with one attached hydrogen (secondary N) is 2. The molecule has 2 heterocycles. The van der Waals surface area contributed by atoms with E-state index < -0.39 is 0 Å². The van der Waals surface area contributed by atoms with Crippen LogP contribution in [0.3, 0.4) is 0 Å². The fraction of sp³-hybridized carbons (Fsp3) is 0.571. The van der Waals surface area contributed by atoms with Gasteiger partial charge in [0.05, 0.1) is 29.7 Å². The third kappa shape index (κ3) is 10.4. The zero-order valence-electron chi connectivity index (χ0n) is 27.6. The summed E-state index contributed by atoms with van der Waals surface area (Å²) in [7, 11) is 3.52. The number of halogens is 1. The van der Waals surface area contributed by atoms with Crippen molar-refractivity contribution in [1.82, 2.24) is 30.0 Å². The second-order valence-electron chi connectivity index (χ2n) is 12.7. The van der Waals surface area contributed by atoms with Crippen LogP contribution in [0.1, 0.15) is 81.9 Å². The number of hydrogen-bond donors (Lipinski definition) is 2. The molecule has 0 spiro atoms. The number of methoxy groups -OCH3 is 1. The molecule has 12 heteroatoms. The number of ether oxygens (including phenoxy) is 2. The van der Waals surface area contributed by atoms with Gasteiger partial charge in [-0.25, -0.2) is 14.8 Å². The minimum atomic E-state index is -0.270. The Kier molecular flexibility index (Phi) is 12.9. The standard InChI is InChI=1S/C35H48ClN7O4/c1-42-31(20-25-13-14-25)29(21-39-42)33-30(36)22-37-34(41-33)40-27-15-17-28(18-16-27)43(23-26-10-6-5-7-11-26)35(45)47-19-9-4-3-8-12-32(44)38-24-46-2/h5-7,10-11,21-22,25,27-28H,3-4,8-9,12-20,23-24H2,1-2H3,(H,38,44)(H,37,40,41). The summed E-state index contributed by atoms with van der Waals surface area (Å²) >= 11 is 6.59. The van der Waals surface area contributed by atoms with Crippen LogP contribution in [-0.4, -0.2) is 69.2 Å². The molecule has 3 aromatic rings. The van der Waals surface area contributed by atoms with Gasteiger partial charge in [-0.1, -0.05) is 54.8 Å². The SMILES string of the molecule is COCNC(=O)CCCCCCOC(=O)N(Cc1ccccc1)C1CCC(Nc2ncc(Cl)c(-c3cnn(C)c3CC3CC3)n2)CC1. The fourth-order valence-electron chi connectivity index (χ4n) is 6.19. The first-order chi connectivity index (χ1) is 22.9. The van der Waals surface area contributed by atoms with Crippen molar-refractivity contribution < 1.29 is 19.1 Å². The summed E-state index contributed by atoms with van der Waals surface area (Å²) < 4.78 is 12.6. The van der Waals surface area contributed by atoms with Crippen LogP contribution in [0.5, 0.6) is 0 Å². The van der Waals surface area contributed by atoms with Crippen molar-refractivity contribution >= 4 is 29.5 Å². The van der Waals surface area contributed by atoms with Crippen molar-refractivity contribution in [3.05, 3.63) is 59.0 Å². The second-order valence-corrected chi connectivity index (χ2v) is 13.1. The first kappa shape index (κ1) is 34.6. The van der Waals surface area contributed by atoms with Gasteiger partial charge in [0.15, 0.2) is 0 Å². The number of carbonyl (C=O) groups is 2. The Balaban J connectivity index is 1.12. The molecule has 0 atom stereocenters. The molecule has 2 aromatic heterocycles. The number of benzene rings is 1. The zero-order valence-corrected chi connectivity index (χ0v) is 28.4. The van der Waals surface area contributed by atoms with Gasteiger partial charge in [0.1, 0.15) is 6.73 Å². The number of aromatic nitrogens is 4. The molecule has 11 nitrogen and oxygen atoms in total. The van der Waals surface area contributed by atoms with Gasteiger partial charge in [0.25, 0.3) is 0 Å². The number of aryl methyl sites for hydroxylation is 1. The smallest absolute Gasteiger partial charge is 0.410 e. The monoisotopic (exact) mass is 665 g/mol. The summed E-state index contributed by atoms with van der Waals surface area (Å²) in [6.45, 7) is 1.11. The summed E-state index contributed by atoms with van der Waals surface area (Å²) in [5.74, 6) is 1.27. The molecule has 2 saturated carbocycles. The Morgan fingerprint density at radius 3 is 2.53 bits per heavy atom. The van der Waals surface area contributed by atoms with E-state index in [9.17, 15) is 9.59 Å². The van der Waals surface area contributed by atoms with E-state index in [-0.39, 0.29) is 30.8 Å². The van der Waals surface area contributed by atoms with Gasteiger partial charge in [-0.3, -0.25) is 9.48 Å². The molecule has 0 bridgehead atoms. The molecule has 5 rings (SSSR count). The van der Waals surface area contributed by atoms with E-state index in [0.29, 0.717) is 42.2 Å². The molecule has 2 amide bonds. The first-order valence-electron chi connectivity index (χ1n) is 16.9. The molecule has 1 aromatic carbocycles. The highest BCUT2D eigenvalue weighted by Gasteiger charge is 2.31. The highest BCUT2D eigenvalue weighted by molar-refractivity contribution is 6.33. The summed E-state index contributed by atoms with van der Waals surface area (Å²) in [5.41, 5.74) is 3.92. The second kappa shape index (κ2) is 17.5. The number of anilines is 1. The third-order valence-corrected chi connectivity index (χ3v) is 9.35. The molecule has 0 unspecified atom stereocenters. The van der Waals surface area contributed by atoms with E-state index in [1.54, 1.807) is 13.3 Å². The molecule has 0 saturated heterocycles. The highest BCUT2D eigenvalue weighted by Crippen LogP contribution is 2.37. The molecule has 2 aliphatic carbocycles. The lowest BCUT2D eigenvalue weighted by molar-refractivity contribution is -0.122. The topological polar surface area (TPSA) is 123 Å². The molecule has 2 fully saturated rings. The van der Waals surface area contributed by atoms with E-state index in [1.165, 1.54) is 12.8 Å². The molecule has 254 valence electrons. The maximum Gasteiger partial charge on any atom is 0.410 e. The number of hydrogen-bond acceptors (Lipinski definition) is 8. The molecular weight excluding hydrogens is 618 g/mol. The van der Waals surface area contributed by atoms with Crippen LogP contribution in [0.4, 0.5) is 10.7 Å². The van der Waals surface area contributed by atoms with Crippen LogP contribution >= 0.6 is 11.6 Å². The van der Waals surface area contributed by atoms with Gasteiger partial charge in [-0.15, -0.1) is 0 Å². The van der Waals surface area contributed by atoms with Crippen molar-refractivity contribution in [2.45, 2.75) is 95.7 Å². The van der Waals surface area contributed by atoms with Crippen LogP contribution in [0.2, 0.25) is 5.02 Å². The average molecular weight is 666 g/mol. The van der Waals surface area contributed by atoms with E-state index in [0.717, 1.165) is 74.6 Å². The average Bonchev–Trinajstić information content (AvgIpc) is 3.84. The molecule has 0 radical (unpaired) electrons. The molecule has 2 N–H and O–H groups in total. The van der Waals surface area contributed by atoms with Crippen molar-refractivity contribution in [1.29, 1.82) is 0 Å². The Labute approximate surface area is 282 Å². The number of carbonyl (C=O) groups excluding carboxylic acids is 2. The zero-order chi connectivity index (χ0) is 33.0. The molecule has 0 aliphatic heterocycles. The van der Waals surface area contributed by atoms with Gasteiger partial charge in [-0.05, 0) is 69.3 Å². The Morgan fingerprint density at radius 1 is 1.02 bits per heavy atom. The third-order valence-electron chi connectivity index (χ3n) is 9.08. The first-order valence-corrected chi connectivity index (χ1v) is 17.3. The number of unbranched alkanes of at least 4 members (excludes halogenated alkanes) is 3. The Hall–Kier alpha value is -3.70. The Bertz CT molecular complexity index is 1440. The van der Waals surface area contributed by atoms with Gasteiger partial charge in [0, 0.05) is 50.5 Å². The lowest BCUT2D eigenvalue weighted by Crippen LogP contribution is -2.44. The van der Waals surface area contributed by atoms with Crippen molar-refractivity contribution in [2.24, 2.45) is 13.0 Å². The van der Waals surface area contributed by atoms with Crippen LogP contribution in [0, 0.1) is 5.92 Å². The lowest BCUT2D eigenvalue weighted by Gasteiger charge is -2.36. The maximum atomic E-state index is 13.4. The van der Waals surface area contributed by atoms with Crippen molar-refractivity contribution in [3.63, 3.8) is 0 Å². The summed E-state index contributed by atoms with van der Waals surface area (Å²) in [6.07, 6.45) is 14.1.